The van der Waals surface area contributed by atoms with Gasteiger partial charge >= 0.3 is 0 Å². The van der Waals surface area contributed by atoms with Gasteiger partial charge in [-0.25, -0.2) is 0 Å². The van der Waals surface area contributed by atoms with Crippen LogP contribution in [-0.4, -0.2) is 5.75 Å². The third-order valence-corrected chi connectivity index (χ3v) is 1.94. The van der Waals surface area contributed by atoms with Crippen molar-refractivity contribution in [2.45, 2.75) is 13.3 Å². The van der Waals surface area contributed by atoms with Gasteiger partial charge in [-0.2, -0.15) is 12.6 Å². The van der Waals surface area contributed by atoms with Crippen LogP contribution in [0.4, 0.5) is 0 Å². The highest BCUT2D eigenvalue weighted by Crippen LogP contribution is 2.15. The number of hydrogen-bond donors (Lipinski definition) is 1. The molecule has 0 fully saturated rings. The van der Waals surface area contributed by atoms with Crippen LogP contribution in [0.5, 0.6) is 0 Å². The molecule has 0 aromatic rings. The summed E-state index contributed by atoms with van der Waals surface area (Å²) >= 11 is 4.17. The summed E-state index contributed by atoms with van der Waals surface area (Å²) in [4.78, 5) is 0. The molecule has 0 spiro atoms. The van der Waals surface area contributed by atoms with E-state index in [1.54, 1.807) is 0 Å². The van der Waals surface area contributed by atoms with Crippen LogP contribution in [0.1, 0.15) is 13.3 Å². The molecule has 0 nitrogen and oxygen atoms in total. The second kappa shape index (κ2) is 3.11. The summed E-state index contributed by atoms with van der Waals surface area (Å²) in [5, 5.41) is 0. The first-order chi connectivity index (χ1) is 4.33. The minimum atomic E-state index is 0.730. The van der Waals surface area contributed by atoms with E-state index < -0.39 is 0 Å². The third kappa shape index (κ3) is 1.90. The lowest BCUT2D eigenvalue weighted by Crippen LogP contribution is -1.94. The molecule has 1 aliphatic rings. The number of thiol groups is 1. The van der Waals surface area contributed by atoms with E-state index in [1.807, 2.05) is 0 Å². The summed E-state index contributed by atoms with van der Waals surface area (Å²) in [5.74, 6) is 1.61. The van der Waals surface area contributed by atoms with Gasteiger partial charge in [0.25, 0.3) is 0 Å². The summed E-state index contributed by atoms with van der Waals surface area (Å²) in [6, 6.07) is 0. The first-order valence-electron chi connectivity index (χ1n) is 3.31. The minimum absolute atomic E-state index is 0.730. The summed E-state index contributed by atoms with van der Waals surface area (Å²) in [5.41, 5.74) is 1.36. The largest absolute Gasteiger partial charge is 0.175 e. The normalized spacial score (nSPS) is 26.0. The monoisotopic (exact) mass is 140 g/mol. The van der Waals surface area contributed by atoms with E-state index in [4.69, 9.17) is 0 Å². The van der Waals surface area contributed by atoms with Crippen LogP contribution in [-0.2, 0) is 0 Å². The Labute approximate surface area is 62.1 Å². The van der Waals surface area contributed by atoms with Gasteiger partial charge in [0.05, 0.1) is 0 Å². The van der Waals surface area contributed by atoms with Gasteiger partial charge in [-0.15, -0.1) is 0 Å². The van der Waals surface area contributed by atoms with Crippen LogP contribution in [0.25, 0.3) is 0 Å². The maximum absolute atomic E-state index is 4.17. The van der Waals surface area contributed by atoms with Crippen molar-refractivity contribution in [1.29, 1.82) is 0 Å². The molecule has 9 heavy (non-hydrogen) atoms. The van der Waals surface area contributed by atoms with Gasteiger partial charge < -0.3 is 0 Å². The average Bonchev–Trinajstić information content (AvgIpc) is 1.90. The average molecular weight is 140 g/mol. The van der Waals surface area contributed by atoms with E-state index in [9.17, 15) is 0 Å². The maximum Gasteiger partial charge on any atom is 0.0150 e. The molecule has 0 saturated carbocycles. The SMILES string of the molecule is CC1C=CC(CS)=CC1. The molecule has 1 heteroatoms. The molecular weight excluding hydrogens is 128 g/mol. The lowest BCUT2D eigenvalue weighted by Gasteiger charge is -2.08. The second-order valence-corrected chi connectivity index (χ2v) is 2.83. The van der Waals surface area contributed by atoms with Gasteiger partial charge in [-0.1, -0.05) is 25.2 Å². The van der Waals surface area contributed by atoms with Crippen molar-refractivity contribution < 1.29 is 0 Å². The quantitative estimate of drug-likeness (QED) is 0.531. The van der Waals surface area contributed by atoms with Crippen LogP contribution in [0, 0.1) is 5.92 Å². The van der Waals surface area contributed by atoms with E-state index in [-0.39, 0.29) is 0 Å². The van der Waals surface area contributed by atoms with E-state index in [1.165, 1.54) is 12.0 Å². The Morgan fingerprint density at radius 2 is 2.56 bits per heavy atom. The maximum atomic E-state index is 4.17. The highest BCUT2D eigenvalue weighted by molar-refractivity contribution is 7.80. The summed E-state index contributed by atoms with van der Waals surface area (Å²) in [7, 11) is 0. The van der Waals surface area contributed by atoms with Crippen LogP contribution >= 0.6 is 12.6 Å². The van der Waals surface area contributed by atoms with Crippen molar-refractivity contribution in [3.63, 3.8) is 0 Å². The van der Waals surface area contributed by atoms with Crippen LogP contribution in [0.3, 0.4) is 0 Å². The Hall–Kier alpha value is -0.170. The molecule has 0 saturated heterocycles. The van der Waals surface area contributed by atoms with Crippen LogP contribution in [0.2, 0.25) is 0 Å². The number of allylic oxidation sites excluding steroid dienone is 3. The van der Waals surface area contributed by atoms with Gasteiger partial charge in [0.1, 0.15) is 0 Å². The highest BCUT2D eigenvalue weighted by Gasteiger charge is 2.00. The predicted molar refractivity (Wildman–Crippen MR) is 44.9 cm³/mol. The van der Waals surface area contributed by atoms with Crippen LogP contribution in [0.15, 0.2) is 23.8 Å². The third-order valence-electron chi connectivity index (χ3n) is 1.57. The zero-order valence-electron chi connectivity index (χ0n) is 5.67. The van der Waals surface area contributed by atoms with E-state index in [0.717, 1.165) is 11.7 Å². The summed E-state index contributed by atoms with van der Waals surface area (Å²) < 4.78 is 0. The topological polar surface area (TPSA) is 0 Å². The fourth-order valence-corrected chi connectivity index (χ4v) is 1.12. The zero-order chi connectivity index (χ0) is 6.69. The van der Waals surface area contributed by atoms with Crippen molar-refractivity contribution in [1.82, 2.24) is 0 Å². The van der Waals surface area contributed by atoms with E-state index in [2.05, 4.69) is 37.8 Å². The summed E-state index contributed by atoms with van der Waals surface area (Å²) in [6.07, 6.45) is 7.86. The molecule has 0 N–H and O–H groups in total. The first kappa shape index (κ1) is 6.94. The molecular formula is C8H12S. The molecule has 0 radical (unpaired) electrons. The molecule has 0 aliphatic heterocycles. The van der Waals surface area contributed by atoms with Gasteiger partial charge in [-0.05, 0) is 17.9 Å². The van der Waals surface area contributed by atoms with Crippen molar-refractivity contribution in [3.8, 4) is 0 Å². The molecule has 1 unspecified atom stereocenters. The zero-order valence-corrected chi connectivity index (χ0v) is 6.57. The van der Waals surface area contributed by atoms with Gasteiger partial charge in [0.2, 0.25) is 0 Å². The fourth-order valence-electron chi connectivity index (χ4n) is 0.889. The first-order valence-corrected chi connectivity index (χ1v) is 3.94. The van der Waals surface area contributed by atoms with Crippen molar-refractivity contribution in [2.24, 2.45) is 5.92 Å². The van der Waals surface area contributed by atoms with E-state index >= 15 is 0 Å². The Morgan fingerprint density at radius 1 is 1.78 bits per heavy atom. The lowest BCUT2D eigenvalue weighted by molar-refractivity contribution is 0.731. The van der Waals surface area contributed by atoms with Gasteiger partial charge in [0, 0.05) is 5.75 Å². The molecule has 0 bridgehead atoms. The lowest BCUT2D eigenvalue weighted by atomic mass is 10.00. The Morgan fingerprint density at radius 3 is 3.00 bits per heavy atom. The van der Waals surface area contributed by atoms with Crippen LogP contribution < -0.4 is 0 Å². The highest BCUT2D eigenvalue weighted by atomic mass is 32.1. The summed E-state index contributed by atoms with van der Waals surface area (Å²) in [6.45, 7) is 2.22. The molecule has 1 aliphatic carbocycles. The minimum Gasteiger partial charge on any atom is -0.175 e. The Kier molecular flexibility index (Phi) is 2.40. The molecule has 0 aromatic heterocycles. The predicted octanol–water partition coefficient (Wildman–Crippen LogP) is 2.44. The fraction of sp³-hybridized carbons (Fsp3) is 0.500. The Balaban J connectivity index is 2.52. The molecule has 50 valence electrons. The molecule has 0 aromatic carbocycles. The van der Waals surface area contributed by atoms with Crippen molar-refractivity contribution >= 4 is 12.6 Å². The molecule has 0 amide bonds. The van der Waals surface area contributed by atoms with E-state index in [0.29, 0.717) is 0 Å². The second-order valence-electron chi connectivity index (χ2n) is 2.51. The van der Waals surface area contributed by atoms with Gasteiger partial charge in [-0.3, -0.25) is 0 Å². The smallest absolute Gasteiger partial charge is 0.0150 e. The Bertz CT molecular complexity index is 145. The number of hydrogen-bond acceptors (Lipinski definition) is 1. The standard InChI is InChI=1S/C8H12S/c1-7-2-4-8(6-9)5-3-7/h2,4-5,7,9H,3,6H2,1H3. The van der Waals surface area contributed by atoms with Crippen molar-refractivity contribution in [2.75, 3.05) is 5.75 Å². The molecule has 1 atom stereocenters. The molecule has 1 rings (SSSR count). The molecule has 0 heterocycles. The number of rotatable bonds is 1. The van der Waals surface area contributed by atoms with Gasteiger partial charge in [0.15, 0.2) is 0 Å². The van der Waals surface area contributed by atoms with Crippen molar-refractivity contribution in [3.05, 3.63) is 23.8 Å².